The number of ether oxygens (including phenoxy) is 1. The molecule has 0 saturated carbocycles. The summed E-state index contributed by atoms with van der Waals surface area (Å²) in [6.07, 6.45) is 0. The van der Waals surface area contributed by atoms with E-state index in [9.17, 15) is 18.0 Å². The first-order chi connectivity index (χ1) is 12.6. The normalized spacial score (nSPS) is 11.2. The summed E-state index contributed by atoms with van der Waals surface area (Å²) in [7, 11) is -4.12. The van der Waals surface area contributed by atoms with Gasteiger partial charge in [0.25, 0.3) is 0 Å². The number of carbonyl (C=O) groups is 2. The monoisotopic (exact) mass is 494 g/mol. The molecule has 11 heteroatoms. The predicted molar refractivity (Wildman–Crippen MR) is 104 cm³/mol. The van der Waals surface area contributed by atoms with Gasteiger partial charge in [-0.1, -0.05) is 51.3 Å². The summed E-state index contributed by atoms with van der Waals surface area (Å²) in [5.74, 6) is -1.37. The fraction of sp³-hybridized carbons (Fsp3) is 0.125. The number of nitrogens with one attached hydrogen (secondary N) is 1. The van der Waals surface area contributed by atoms with E-state index in [0.717, 1.165) is 0 Å². The van der Waals surface area contributed by atoms with Crippen LogP contribution in [0.25, 0.3) is 0 Å². The summed E-state index contributed by atoms with van der Waals surface area (Å²) < 4.78 is 32.2. The van der Waals surface area contributed by atoms with Crippen molar-refractivity contribution in [2.24, 2.45) is 5.73 Å². The number of hydrogen-bond acceptors (Lipinski definition) is 5. The number of primary amides is 1. The summed E-state index contributed by atoms with van der Waals surface area (Å²) >= 11 is 15.0. The maximum absolute atomic E-state index is 12.3. The van der Waals surface area contributed by atoms with E-state index in [1.54, 1.807) is 12.1 Å². The van der Waals surface area contributed by atoms with Crippen molar-refractivity contribution in [3.05, 3.63) is 62.0 Å². The van der Waals surface area contributed by atoms with Crippen LogP contribution >= 0.6 is 39.1 Å². The number of nitrogens with two attached hydrogens (primary N) is 1. The second-order valence-electron chi connectivity index (χ2n) is 5.24. The van der Waals surface area contributed by atoms with Crippen LogP contribution in [0.4, 0.5) is 0 Å². The van der Waals surface area contributed by atoms with Crippen molar-refractivity contribution in [2.45, 2.75) is 11.5 Å². The highest BCUT2D eigenvalue weighted by Crippen LogP contribution is 2.32. The van der Waals surface area contributed by atoms with Crippen LogP contribution in [-0.2, 0) is 26.2 Å². The topological polar surface area (TPSA) is 116 Å². The van der Waals surface area contributed by atoms with Gasteiger partial charge in [0.05, 0.1) is 10.0 Å². The number of esters is 1. The fourth-order valence-electron chi connectivity index (χ4n) is 1.99. The van der Waals surface area contributed by atoms with Crippen LogP contribution in [0.15, 0.2) is 45.8 Å². The van der Waals surface area contributed by atoms with Crippen LogP contribution in [0.1, 0.15) is 15.9 Å². The number of halogens is 3. The van der Waals surface area contributed by atoms with Crippen molar-refractivity contribution in [2.75, 3.05) is 6.54 Å². The van der Waals surface area contributed by atoms with E-state index >= 15 is 0 Å². The molecular formula is C16H13BrCl2N2O5S. The Balaban J connectivity index is 1.96. The molecule has 0 spiro atoms. The highest BCUT2D eigenvalue weighted by Gasteiger charge is 2.23. The minimum Gasteiger partial charge on any atom is -0.460 e. The Morgan fingerprint density at radius 1 is 1.11 bits per heavy atom. The van der Waals surface area contributed by atoms with Crippen molar-refractivity contribution in [1.82, 2.24) is 4.72 Å². The average molecular weight is 496 g/mol. The van der Waals surface area contributed by atoms with E-state index in [2.05, 4.69) is 20.7 Å². The summed E-state index contributed by atoms with van der Waals surface area (Å²) in [6.45, 7) is -0.705. The van der Waals surface area contributed by atoms with Crippen molar-refractivity contribution < 1.29 is 22.7 Å². The molecule has 144 valence electrons. The standard InChI is InChI=1S/C16H13BrCl2N2O5S/c17-11-5-12(18)15(13(19)6-11)27(24,25)21-7-14(22)26-8-9-1-3-10(4-2-9)16(20)23/h1-6,21H,7-8H2,(H2,20,23). The second-order valence-corrected chi connectivity index (χ2v) is 8.68. The number of carbonyl (C=O) groups excluding carboxylic acids is 2. The smallest absolute Gasteiger partial charge is 0.321 e. The van der Waals surface area contributed by atoms with Crippen LogP contribution < -0.4 is 10.5 Å². The van der Waals surface area contributed by atoms with Gasteiger partial charge >= 0.3 is 5.97 Å². The molecule has 0 fully saturated rings. The minimum atomic E-state index is -4.12. The molecule has 2 rings (SSSR count). The van der Waals surface area contributed by atoms with Gasteiger partial charge in [-0.2, -0.15) is 4.72 Å². The SMILES string of the molecule is NC(=O)c1ccc(COC(=O)CNS(=O)(=O)c2c(Cl)cc(Br)cc2Cl)cc1. The lowest BCUT2D eigenvalue weighted by atomic mass is 10.1. The molecule has 1 amide bonds. The lowest BCUT2D eigenvalue weighted by Crippen LogP contribution is -2.31. The molecule has 0 aliphatic heterocycles. The number of amides is 1. The fourth-order valence-corrected chi connectivity index (χ4v) is 4.89. The van der Waals surface area contributed by atoms with Gasteiger partial charge in [0.2, 0.25) is 15.9 Å². The van der Waals surface area contributed by atoms with Crippen LogP contribution in [0, 0.1) is 0 Å². The van der Waals surface area contributed by atoms with E-state index in [-0.39, 0.29) is 21.5 Å². The highest BCUT2D eigenvalue weighted by molar-refractivity contribution is 9.10. The molecular weight excluding hydrogens is 483 g/mol. The Labute approximate surface area is 174 Å². The third-order valence-electron chi connectivity index (χ3n) is 3.28. The van der Waals surface area contributed by atoms with Gasteiger partial charge in [-0.25, -0.2) is 8.42 Å². The summed E-state index contributed by atoms with van der Waals surface area (Å²) in [5.41, 5.74) is 6.06. The first-order valence-electron chi connectivity index (χ1n) is 7.28. The zero-order valence-corrected chi connectivity index (χ0v) is 17.5. The molecule has 0 atom stereocenters. The molecule has 0 saturated heterocycles. The summed E-state index contributed by atoms with van der Waals surface area (Å²) in [5, 5.41) is -0.186. The second kappa shape index (κ2) is 9.03. The Morgan fingerprint density at radius 2 is 1.67 bits per heavy atom. The number of hydrogen-bond donors (Lipinski definition) is 2. The maximum Gasteiger partial charge on any atom is 0.321 e. The first-order valence-corrected chi connectivity index (χ1v) is 10.3. The van der Waals surface area contributed by atoms with E-state index in [1.165, 1.54) is 24.3 Å². The lowest BCUT2D eigenvalue weighted by molar-refractivity contribution is -0.143. The molecule has 0 aromatic heterocycles. The molecule has 0 aliphatic carbocycles. The van der Waals surface area contributed by atoms with Crippen LogP contribution in [0.5, 0.6) is 0 Å². The molecule has 0 heterocycles. The molecule has 0 unspecified atom stereocenters. The van der Waals surface area contributed by atoms with Gasteiger partial charge in [-0.05, 0) is 29.8 Å². The Bertz CT molecular complexity index is 958. The van der Waals surface area contributed by atoms with Gasteiger partial charge in [-0.3, -0.25) is 9.59 Å². The molecule has 2 aromatic rings. The van der Waals surface area contributed by atoms with Crippen LogP contribution in [0.3, 0.4) is 0 Å². The average Bonchev–Trinajstić information content (AvgIpc) is 2.57. The molecule has 0 radical (unpaired) electrons. The Kier molecular flexibility index (Phi) is 7.24. The third kappa shape index (κ3) is 5.91. The number of sulfonamides is 1. The number of rotatable bonds is 7. The van der Waals surface area contributed by atoms with Gasteiger partial charge in [0.1, 0.15) is 18.0 Å². The summed E-state index contributed by atoms with van der Waals surface area (Å²) in [4.78, 5) is 22.5. The van der Waals surface area contributed by atoms with Gasteiger partial charge in [-0.15, -0.1) is 0 Å². The molecule has 7 nitrogen and oxygen atoms in total. The van der Waals surface area contributed by atoms with E-state index in [0.29, 0.717) is 15.6 Å². The first kappa shape index (κ1) is 21.6. The van der Waals surface area contributed by atoms with Gasteiger partial charge in [0, 0.05) is 10.0 Å². The predicted octanol–water partition coefficient (Wildman–Crippen LogP) is 2.88. The summed E-state index contributed by atoms with van der Waals surface area (Å²) in [6, 6.07) is 8.86. The third-order valence-corrected chi connectivity index (χ3v) is 6.06. The molecule has 27 heavy (non-hydrogen) atoms. The van der Waals surface area contributed by atoms with Crippen molar-refractivity contribution in [3.63, 3.8) is 0 Å². The maximum atomic E-state index is 12.3. The van der Waals surface area contributed by atoms with Gasteiger partial charge < -0.3 is 10.5 Å². The molecule has 3 N–H and O–H groups in total. The quantitative estimate of drug-likeness (QED) is 0.573. The Hall–Kier alpha value is -1.65. The Morgan fingerprint density at radius 3 is 2.19 bits per heavy atom. The van der Waals surface area contributed by atoms with E-state index in [4.69, 9.17) is 33.7 Å². The largest absolute Gasteiger partial charge is 0.460 e. The molecule has 2 aromatic carbocycles. The number of benzene rings is 2. The van der Waals surface area contributed by atoms with E-state index < -0.39 is 28.4 Å². The zero-order chi connectivity index (χ0) is 20.2. The van der Waals surface area contributed by atoms with Crippen LogP contribution in [0.2, 0.25) is 10.0 Å². The minimum absolute atomic E-state index is 0.0928. The molecule has 0 bridgehead atoms. The molecule has 0 aliphatic rings. The van der Waals surface area contributed by atoms with Crippen molar-refractivity contribution in [3.8, 4) is 0 Å². The van der Waals surface area contributed by atoms with Crippen molar-refractivity contribution >= 4 is 61.0 Å². The van der Waals surface area contributed by atoms with Gasteiger partial charge in [0.15, 0.2) is 0 Å². The highest BCUT2D eigenvalue weighted by atomic mass is 79.9. The lowest BCUT2D eigenvalue weighted by Gasteiger charge is -2.11. The van der Waals surface area contributed by atoms with Crippen LogP contribution in [-0.4, -0.2) is 26.8 Å². The van der Waals surface area contributed by atoms with Crippen molar-refractivity contribution in [1.29, 1.82) is 0 Å². The zero-order valence-electron chi connectivity index (χ0n) is 13.5. The van der Waals surface area contributed by atoms with E-state index in [1.807, 2.05) is 0 Å².